The minimum absolute atomic E-state index is 0.0357. The highest BCUT2D eigenvalue weighted by Crippen LogP contribution is 2.76. The monoisotopic (exact) mass is 406 g/mol. The Balaban J connectivity index is 1.73. The van der Waals surface area contributed by atoms with Crippen molar-refractivity contribution >= 4 is 5.97 Å². The van der Waals surface area contributed by atoms with Gasteiger partial charge < -0.3 is 24.4 Å². The third-order valence-electron chi connectivity index (χ3n) is 9.53. The lowest BCUT2D eigenvalue weighted by Gasteiger charge is -2.74. The zero-order chi connectivity index (χ0) is 20.9. The lowest BCUT2D eigenvalue weighted by Crippen LogP contribution is -2.79. The van der Waals surface area contributed by atoms with Gasteiger partial charge >= 0.3 is 5.97 Å². The van der Waals surface area contributed by atoms with E-state index < -0.39 is 35.4 Å². The molecule has 1 unspecified atom stereocenters. The molecule has 4 bridgehead atoms. The zero-order valence-corrected chi connectivity index (χ0v) is 17.9. The van der Waals surface area contributed by atoms with E-state index in [-0.39, 0.29) is 35.2 Å². The molecule has 6 heteroatoms. The van der Waals surface area contributed by atoms with E-state index in [1.165, 1.54) is 6.92 Å². The highest BCUT2D eigenvalue weighted by Gasteiger charge is 2.82. The summed E-state index contributed by atoms with van der Waals surface area (Å²) in [5.41, 5.74) is -0.596. The Morgan fingerprint density at radius 3 is 2.55 bits per heavy atom. The van der Waals surface area contributed by atoms with Gasteiger partial charge in [-0.1, -0.05) is 20.4 Å². The van der Waals surface area contributed by atoms with Crippen molar-refractivity contribution in [1.29, 1.82) is 0 Å². The lowest BCUT2D eigenvalue weighted by molar-refractivity contribution is -0.420. The van der Waals surface area contributed by atoms with E-state index in [1.807, 2.05) is 0 Å². The molecule has 0 amide bonds. The van der Waals surface area contributed by atoms with Crippen LogP contribution in [0.3, 0.4) is 0 Å². The van der Waals surface area contributed by atoms with Gasteiger partial charge in [-0.2, -0.15) is 0 Å². The van der Waals surface area contributed by atoms with E-state index in [0.717, 1.165) is 31.3 Å². The third-order valence-corrected chi connectivity index (χ3v) is 9.53. The number of esters is 1. The summed E-state index contributed by atoms with van der Waals surface area (Å²) in [5.74, 6) is -0.238. The van der Waals surface area contributed by atoms with Crippen LogP contribution in [-0.4, -0.2) is 54.0 Å². The fraction of sp³-hybridized carbons (Fsp3) is 0.870. The Morgan fingerprint density at radius 2 is 1.90 bits per heavy atom. The fourth-order valence-corrected chi connectivity index (χ4v) is 8.62. The van der Waals surface area contributed by atoms with Crippen molar-refractivity contribution in [2.75, 3.05) is 7.11 Å². The average Bonchev–Trinajstić information content (AvgIpc) is 2.79. The maximum Gasteiger partial charge on any atom is 0.302 e. The molecule has 6 rings (SSSR count). The highest BCUT2D eigenvalue weighted by molar-refractivity contribution is 5.66. The van der Waals surface area contributed by atoms with E-state index in [4.69, 9.17) is 14.2 Å². The maximum absolute atomic E-state index is 12.0. The average molecular weight is 407 g/mol. The number of hydrogen-bond donors (Lipinski definition) is 2. The van der Waals surface area contributed by atoms with Crippen molar-refractivity contribution in [3.63, 3.8) is 0 Å². The SMILES string of the molecule is C=C1[C@@H](O)[C@]23[C@H](OC(C)=O)[C@H]1CC[C@H]2[C@@]12C(OC)O[C@@H]3C[C@@H]1C(C)(C)CC[C@@H]2O. The van der Waals surface area contributed by atoms with Crippen molar-refractivity contribution in [3.8, 4) is 0 Å². The number of fused-ring (bicyclic) bond motifs is 2. The smallest absolute Gasteiger partial charge is 0.302 e. The number of methoxy groups -OCH3 is 1. The van der Waals surface area contributed by atoms with Crippen molar-refractivity contribution in [1.82, 2.24) is 0 Å². The molecule has 10 atom stereocenters. The molecule has 2 spiro atoms. The van der Waals surface area contributed by atoms with Gasteiger partial charge in [0.2, 0.25) is 0 Å². The Hall–Kier alpha value is -0.950. The number of hydrogen-bond acceptors (Lipinski definition) is 6. The van der Waals surface area contributed by atoms with E-state index in [2.05, 4.69) is 20.4 Å². The number of ether oxygens (including phenoxy) is 3. The molecule has 2 heterocycles. The van der Waals surface area contributed by atoms with Gasteiger partial charge in [-0.3, -0.25) is 4.79 Å². The predicted molar refractivity (Wildman–Crippen MR) is 105 cm³/mol. The largest absolute Gasteiger partial charge is 0.461 e. The highest BCUT2D eigenvalue weighted by atomic mass is 16.7. The van der Waals surface area contributed by atoms with Crippen LogP contribution in [0.2, 0.25) is 0 Å². The minimum Gasteiger partial charge on any atom is -0.461 e. The summed E-state index contributed by atoms with van der Waals surface area (Å²) in [6.07, 6.45) is 1.35. The first-order chi connectivity index (χ1) is 13.6. The predicted octanol–water partition coefficient (Wildman–Crippen LogP) is 2.42. The van der Waals surface area contributed by atoms with Gasteiger partial charge in [-0.05, 0) is 54.9 Å². The molecule has 0 radical (unpaired) electrons. The standard InChI is InChI=1S/C23H34O6/c1-11-13-6-7-14-22-15(21(3,4)9-8-16(22)25)10-17(29-20(22)27-5)23(14,18(11)26)19(13)28-12(2)24/h13-20,25-26H,1,6-10H2,2-5H3/t13-,14-,15+,16-,17+,18+,19+,20?,22+,23-/m0/s1. The van der Waals surface area contributed by atoms with E-state index >= 15 is 0 Å². The second-order valence-electron chi connectivity index (χ2n) is 10.8. The molecule has 6 fully saturated rings. The van der Waals surface area contributed by atoms with Gasteiger partial charge in [0.25, 0.3) is 0 Å². The Morgan fingerprint density at radius 1 is 1.17 bits per heavy atom. The maximum atomic E-state index is 12.0. The van der Waals surface area contributed by atoms with Gasteiger partial charge in [0.05, 0.1) is 29.1 Å². The molecular formula is C23H34O6. The first-order valence-electron chi connectivity index (χ1n) is 11.0. The Bertz CT molecular complexity index is 748. The molecule has 0 aromatic rings. The van der Waals surface area contributed by atoms with Crippen LogP contribution in [0.25, 0.3) is 0 Å². The summed E-state index contributed by atoms with van der Waals surface area (Å²) in [6, 6.07) is 0. The molecule has 0 aromatic carbocycles. The first-order valence-corrected chi connectivity index (χ1v) is 11.0. The van der Waals surface area contributed by atoms with Crippen LogP contribution < -0.4 is 0 Å². The first kappa shape index (κ1) is 20.0. The number of aliphatic hydroxyl groups is 2. The lowest BCUT2D eigenvalue weighted by atomic mass is 9.36. The number of rotatable bonds is 2. The molecule has 2 N–H and O–H groups in total. The molecule has 162 valence electrons. The van der Waals surface area contributed by atoms with Crippen LogP contribution in [0, 0.1) is 34.0 Å². The molecule has 6 aliphatic rings. The van der Waals surface area contributed by atoms with Crippen LogP contribution in [-0.2, 0) is 19.0 Å². The topological polar surface area (TPSA) is 85.2 Å². The van der Waals surface area contributed by atoms with Gasteiger partial charge in [-0.25, -0.2) is 0 Å². The molecule has 6 nitrogen and oxygen atoms in total. The van der Waals surface area contributed by atoms with Crippen molar-refractivity contribution < 1.29 is 29.2 Å². The molecular weight excluding hydrogens is 372 g/mol. The number of carbonyl (C=O) groups excluding carboxylic acids is 1. The summed E-state index contributed by atoms with van der Waals surface area (Å²) in [7, 11) is 1.65. The van der Waals surface area contributed by atoms with Crippen molar-refractivity contribution in [3.05, 3.63) is 12.2 Å². The second-order valence-corrected chi connectivity index (χ2v) is 10.8. The van der Waals surface area contributed by atoms with E-state index in [0.29, 0.717) is 6.42 Å². The second kappa shape index (κ2) is 6.06. The zero-order valence-electron chi connectivity index (χ0n) is 17.9. The van der Waals surface area contributed by atoms with Crippen molar-refractivity contribution in [2.24, 2.45) is 34.0 Å². The third kappa shape index (κ3) is 2.09. The Labute approximate surface area is 172 Å². The molecule has 29 heavy (non-hydrogen) atoms. The summed E-state index contributed by atoms with van der Waals surface area (Å²) < 4.78 is 18.3. The summed E-state index contributed by atoms with van der Waals surface area (Å²) in [5, 5.41) is 23.1. The Kier molecular flexibility index (Phi) is 4.17. The van der Waals surface area contributed by atoms with Gasteiger partial charge in [0.1, 0.15) is 6.10 Å². The fourth-order valence-electron chi connectivity index (χ4n) is 8.62. The summed E-state index contributed by atoms with van der Waals surface area (Å²) in [6.45, 7) is 10.2. The van der Waals surface area contributed by atoms with Crippen molar-refractivity contribution in [2.45, 2.75) is 83.6 Å². The van der Waals surface area contributed by atoms with Gasteiger partial charge in [0.15, 0.2) is 6.29 Å². The van der Waals surface area contributed by atoms with E-state index in [9.17, 15) is 15.0 Å². The van der Waals surface area contributed by atoms with Crippen LogP contribution >= 0.6 is 0 Å². The normalized spacial score (nSPS) is 54.6. The quantitative estimate of drug-likeness (QED) is 0.541. The number of carbonyl (C=O) groups is 1. The minimum atomic E-state index is -0.804. The molecule has 0 aromatic heterocycles. The van der Waals surface area contributed by atoms with Crippen LogP contribution in [0.4, 0.5) is 0 Å². The van der Waals surface area contributed by atoms with Gasteiger partial charge in [-0.15, -0.1) is 0 Å². The molecule has 4 aliphatic carbocycles. The molecule has 4 saturated carbocycles. The summed E-state index contributed by atoms with van der Waals surface area (Å²) in [4.78, 5) is 12.0. The summed E-state index contributed by atoms with van der Waals surface area (Å²) >= 11 is 0. The van der Waals surface area contributed by atoms with E-state index in [1.54, 1.807) is 7.11 Å². The molecule has 2 saturated heterocycles. The van der Waals surface area contributed by atoms with Crippen LogP contribution in [0.1, 0.15) is 52.9 Å². The van der Waals surface area contributed by atoms with Gasteiger partial charge in [0, 0.05) is 20.0 Å². The van der Waals surface area contributed by atoms with Crippen LogP contribution in [0.15, 0.2) is 12.2 Å². The van der Waals surface area contributed by atoms with Crippen LogP contribution in [0.5, 0.6) is 0 Å². The number of aliphatic hydroxyl groups excluding tert-OH is 2. The molecule has 2 aliphatic heterocycles.